The number of pyridine rings is 2. The Kier molecular flexibility index (Phi) is 3.89. The second-order valence-corrected chi connectivity index (χ2v) is 7.34. The van der Waals surface area contributed by atoms with Crippen molar-refractivity contribution >= 4 is 21.9 Å². The minimum atomic E-state index is -0.247. The van der Waals surface area contributed by atoms with Crippen molar-refractivity contribution in [1.29, 1.82) is 0 Å². The predicted molar refractivity (Wildman–Crippen MR) is 120 cm³/mol. The molecule has 0 aliphatic carbocycles. The first-order valence-electron chi connectivity index (χ1n) is 9.91. The van der Waals surface area contributed by atoms with Crippen molar-refractivity contribution in [1.82, 2.24) is 25.1 Å². The lowest BCUT2D eigenvalue weighted by Crippen LogP contribution is -1.87. The molecule has 4 heterocycles. The lowest BCUT2D eigenvalue weighted by Gasteiger charge is -2.03. The maximum Gasteiger partial charge on any atom is 0.135 e. The number of aromatic amines is 2. The number of rotatable bonds is 3. The van der Waals surface area contributed by atoms with E-state index in [1.54, 1.807) is 18.3 Å². The van der Waals surface area contributed by atoms with E-state index in [1.165, 1.54) is 12.1 Å². The molecule has 2 aromatic carbocycles. The van der Waals surface area contributed by atoms with Crippen LogP contribution in [0.25, 0.3) is 55.8 Å². The molecule has 6 aromatic rings. The molecule has 0 saturated carbocycles. The smallest absolute Gasteiger partial charge is 0.135 e. The Morgan fingerprint density at radius 1 is 0.774 bits per heavy atom. The van der Waals surface area contributed by atoms with Crippen LogP contribution < -0.4 is 0 Å². The van der Waals surface area contributed by atoms with E-state index in [2.05, 4.69) is 26.2 Å². The zero-order valence-electron chi connectivity index (χ0n) is 16.3. The topological polar surface area (TPSA) is 70.2 Å². The third-order valence-electron chi connectivity index (χ3n) is 5.41. The van der Waals surface area contributed by atoms with Crippen LogP contribution in [-0.4, -0.2) is 25.1 Å². The molecule has 0 saturated heterocycles. The molecule has 148 valence electrons. The van der Waals surface area contributed by atoms with Crippen LogP contribution >= 0.6 is 0 Å². The lowest BCUT2D eigenvalue weighted by atomic mass is 10.0. The summed E-state index contributed by atoms with van der Waals surface area (Å²) in [6.07, 6.45) is 1.76. The van der Waals surface area contributed by atoms with E-state index < -0.39 is 0 Å². The summed E-state index contributed by atoms with van der Waals surface area (Å²) >= 11 is 0. The van der Waals surface area contributed by atoms with Crippen molar-refractivity contribution in [3.8, 4) is 33.9 Å². The van der Waals surface area contributed by atoms with Crippen molar-refractivity contribution in [2.45, 2.75) is 0 Å². The Labute approximate surface area is 176 Å². The third-order valence-corrected chi connectivity index (χ3v) is 5.41. The fourth-order valence-corrected chi connectivity index (χ4v) is 3.91. The highest BCUT2D eigenvalue weighted by atomic mass is 19.1. The highest BCUT2D eigenvalue weighted by Gasteiger charge is 2.15. The van der Waals surface area contributed by atoms with Gasteiger partial charge in [0.25, 0.3) is 0 Å². The van der Waals surface area contributed by atoms with Crippen LogP contribution in [0.3, 0.4) is 0 Å². The molecule has 6 rings (SSSR count). The maximum absolute atomic E-state index is 13.4. The van der Waals surface area contributed by atoms with Gasteiger partial charge in [0.05, 0.1) is 22.6 Å². The number of nitrogens with zero attached hydrogens (tertiary/aromatic N) is 3. The molecule has 2 N–H and O–H groups in total. The first-order chi connectivity index (χ1) is 15.3. The van der Waals surface area contributed by atoms with Gasteiger partial charge in [-0.3, -0.25) is 10.1 Å². The Morgan fingerprint density at radius 2 is 1.68 bits per heavy atom. The Bertz CT molecular complexity index is 1530. The molecule has 0 radical (unpaired) electrons. The molecule has 6 heteroatoms. The van der Waals surface area contributed by atoms with Gasteiger partial charge in [0, 0.05) is 17.1 Å². The predicted octanol–water partition coefficient (Wildman–Crippen LogP) is 5.97. The minimum absolute atomic E-state index is 0.247. The van der Waals surface area contributed by atoms with Gasteiger partial charge in [0.1, 0.15) is 17.0 Å². The maximum atomic E-state index is 13.4. The zero-order valence-corrected chi connectivity index (χ0v) is 16.3. The average molecular weight is 405 g/mol. The number of nitrogens with one attached hydrogen (secondary N) is 2. The quantitative estimate of drug-likeness (QED) is 0.381. The van der Waals surface area contributed by atoms with Crippen LogP contribution in [0.4, 0.5) is 4.39 Å². The number of hydrogen-bond acceptors (Lipinski definition) is 3. The second kappa shape index (κ2) is 6.88. The van der Waals surface area contributed by atoms with E-state index in [0.717, 1.165) is 55.8 Å². The second-order valence-electron chi connectivity index (χ2n) is 7.34. The summed E-state index contributed by atoms with van der Waals surface area (Å²) in [6, 6.07) is 24.3. The van der Waals surface area contributed by atoms with Gasteiger partial charge in [-0.1, -0.05) is 30.3 Å². The van der Waals surface area contributed by atoms with Gasteiger partial charge in [-0.05, 0) is 59.7 Å². The highest BCUT2D eigenvalue weighted by Crippen LogP contribution is 2.34. The number of hydrogen-bond donors (Lipinski definition) is 2. The highest BCUT2D eigenvalue weighted by molar-refractivity contribution is 6.00. The fourth-order valence-electron chi connectivity index (χ4n) is 3.91. The molecule has 0 spiro atoms. The summed E-state index contributed by atoms with van der Waals surface area (Å²) in [4.78, 5) is 12.7. The van der Waals surface area contributed by atoms with Gasteiger partial charge in [-0.15, -0.1) is 0 Å². The van der Waals surface area contributed by atoms with E-state index in [4.69, 9.17) is 4.98 Å². The minimum Gasteiger partial charge on any atom is -0.353 e. The third kappa shape index (κ3) is 2.97. The summed E-state index contributed by atoms with van der Waals surface area (Å²) in [7, 11) is 0. The van der Waals surface area contributed by atoms with E-state index in [9.17, 15) is 4.39 Å². The zero-order chi connectivity index (χ0) is 20.8. The molecule has 31 heavy (non-hydrogen) atoms. The van der Waals surface area contributed by atoms with Gasteiger partial charge in [0.15, 0.2) is 0 Å². The standard InChI is InChI=1S/C25H16FN5/c26-16-9-7-15(8-10-16)17-4-3-6-19-18(17)14-23(28-19)25-24-22(30-31-25)12-11-21(29-24)20-5-1-2-13-27-20/h1-14,28H,(H,30,31). The van der Waals surface area contributed by atoms with Crippen LogP contribution in [-0.2, 0) is 0 Å². The van der Waals surface area contributed by atoms with Crippen molar-refractivity contribution in [3.63, 3.8) is 0 Å². The van der Waals surface area contributed by atoms with Crippen LogP contribution in [0, 0.1) is 5.82 Å². The molecule has 0 aliphatic heterocycles. The molecule has 5 nitrogen and oxygen atoms in total. The summed E-state index contributed by atoms with van der Waals surface area (Å²) in [5, 5.41) is 8.63. The number of halogens is 1. The average Bonchev–Trinajstić information content (AvgIpc) is 3.43. The summed E-state index contributed by atoms with van der Waals surface area (Å²) in [5.41, 5.74) is 7.81. The Balaban J connectivity index is 1.51. The lowest BCUT2D eigenvalue weighted by molar-refractivity contribution is 0.628. The van der Waals surface area contributed by atoms with Gasteiger partial charge in [0.2, 0.25) is 0 Å². The molecule has 0 aliphatic rings. The summed E-state index contributed by atoms with van der Waals surface area (Å²) in [6.45, 7) is 0. The Hall–Kier alpha value is -4.32. The Morgan fingerprint density at radius 3 is 2.52 bits per heavy atom. The number of benzene rings is 2. The van der Waals surface area contributed by atoms with Gasteiger partial charge < -0.3 is 4.98 Å². The van der Waals surface area contributed by atoms with Gasteiger partial charge in [-0.2, -0.15) is 5.10 Å². The molecule has 4 aromatic heterocycles. The molecule has 0 unspecified atom stereocenters. The van der Waals surface area contributed by atoms with Gasteiger partial charge >= 0.3 is 0 Å². The molecular formula is C25H16FN5. The molecule has 0 atom stereocenters. The normalized spacial score (nSPS) is 11.4. The van der Waals surface area contributed by atoms with E-state index >= 15 is 0 Å². The number of H-pyrrole nitrogens is 2. The first kappa shape index (κ1) is 17.5. The summed E-state index contributed by atoms with van der Waals surface area (Å²) in [5.74, 6) is -0.247. The molecular weight excluding hydrogens is 389 g/mol. The van der Waals surface area contributed by atoms with E-state index in [-0.39, 0.29) is 5.82 Å². The largest absolute Gasteiger partial charge is 0.353 e. The SMILES string of the molecule is Fc1ccc(-c2cccc3[nH]c(-c4n[nH]c5ccc(-c6ccccn6)nc45)cc23)cc1. The molecule has 0 fully saturated rings. The molecule has 0 amide bonds. The van der Waals surface area contributed by atoms with Crippen molar-refractivity contribution in [3.05, 3.63) is 90.9 Å². The van der Waals surface area contributed by atoms with E-state index in [1.807, 2.05) is 48.5 Å². The van der Waals surface area contributed by atoms with Crippen LogP contribution in [0.5, 0.6) is 0 Å². The molecule has 0 bridgehead atoms. The summed E-state index contributed by atoms with van der Waals surface area (Å²) < 4.78 is 13.4. The van der Waals surface area contributed by atoms with Crippen LogP contribution in [0.1, 0.15) is 0 Å². The van der Waals surface area contributed by atoms with Crippen LogP contribution in [0.15, 0.2) is 85.1 Å². The van der Waals surface area contributed by atoms with Crippen molar-refractivity contribution < 1.29 is 4.39 Å². The number of fused-ring (bicyclic) bond motifs is 2. The first-order valence-corrected chi connectivity index (χ1v) is 9.91. The van der Waals surface area contributed by atoms with Crippen molar-refractivity contribution in [2.75, 3.05) is 0 Å². The van der Waals surface area contributed by atoms with E-state index in [0.29, 0.717) is 0 Å². The van der Waals surface area contributed by atoms with Crippen LogP contribution in [0.2, 0.25) is 0 Å². The van der Waals surface area contributed by atoms with Crippen molar-refractivity contribution in [2.24, 2.45) is 0 Å². The van der Waals surface area contributed by atoms with Gasteiger partial charge in [-0.25, -0.2) is 9.37 Å². The number of aromatic nitrogens is 5. The fraction of sp³-hybridized carbons (Fsp3) is 0. The monoisotopic (exact) mass is 405 g/mol.